The average molecular weight is 391 g/mol. The largest absolute Gasteiger partial charge is 0.385 e. The summed E-state index contributed by atoms with van der Waals surface area (Å²) in [6, 6.07) is 8.10. The highest BCUT2D eigenvalue weighted by molar-refractivity contribution is 6.31. The highest BCUT2D eigenvalue weighted by atomic mass is 35.5. The SMILES string of the molecule is COCCCN1C(=O)c2ccc(C(=O)Nc3ccc(F)c(Cl)c3)cc2C1=O. The van der Waals surface area contributed by atoms with E-state index in [4.69, 9.17) is 16.3 Å². The van der Waals surface area contributed by atoms with Crippen molar-refractivity contribution in [3.63, 3.8) is 0 Å². The molecule has 3 rings (SSSR count). The number of benzene rings is 2. The molecule has 2 aromatic carbocycles. The van der Waals surface area contributed by atoms with Crippen LogP contribution in [0.15, 0.2) is 36.4 Å². The van der Waals surface area contributed by atoms with Crippen molar-refractivity contribution in [3.05, 3.63) is 63.9 Å². The lowest BCUT2D eigenvalue weighted by molar-refractivity contribution is 0.0638. The van der Waals surface area contributed by atoms with Crippen LogP contribution in [0.25, 0.3) is 0 Å². The number of nitrogens with zero attached hydrogens (tertiary/aromatic N) is 1. The molecular weight excluding hydrogens is 375 g/mol. The molecule has 1 heterocycles. The lowest BCUT2D eigenvalue weighted by Crippen LogP contribution is -2.31. The number of carbonyl (C=O) groups excluding carboxylic acids is 3. The second-order valence-corrected chi connectivity index (χ2v) is 6.36. The van der Waals surface area contributed by atoms with E-state index in [-0.39, 0.29) is 34.2 Å². The van der Waals surface area contributed by atoms with Crippen LogP contribution in [0.2, 0.25) is 5.02 Å². The number of methoxy groups -OCH3 is 1. The average Bonchev–Trinajstić information content (AvgIpc) is 2.89. The van der Waals surface area contributed by atoms with E-state index in [9.17, 15) is 18.8 Å². The molecule has 0 spiro atoms. The van der Waals surface area contributed by atoms with E-state index in [1.165, 1.54) is 30.3 Å². The fraction of sp³-hybridized carbons (Fsp3) is 0.211. The minimum Gasteiger partial charge on any atom is -0.385 e. The number of imide groups is 1. The van der Waals surface area contributed by atoms with Crippen LogP contribution in [0.3, 0.4) is 0 Å². The van der Waals surface area contributed by atoms with Crippen LogP contribution in [0.4, 0.5) is 10.1 Å². The van der Waals surface area contributed by atoms with Gasteiger partial charge in [0, 0.05) is 31.5 Å². The van der Waals surface area contributed by atoms with Gasteiger partial charge in [-0.05, 0) is 42.8 Å². The van der Waals surface area contributed by atoms with Crippen LogP contribution >= 0.6 is 11.6 Å². The first-order valence-electron chi connectivity index (χ1n) is 8.18. The Kier molecular flexibility index (Phi) is 5.53. The Morgan fingerprint density at radius 1 is 1.15 bits per heavy atom. The quantitative estimate of drug-likeness (QED) is 0.606. The first-order valence-corrected chi connectivity index (χ1v) is 8.55. The standard InChI is InChI=1S/C19H16ClFN2O4/c1-27-8-2-7-23-18(25)13-5-3-11(9-14(13)19(23)26)17(24)22-12-4-6-16(21)15(20)10-12/h3-6,9-10H,2,7-8H2,1H3,(H,22,24). The van der Waals surface area contributed by atoms with Gasteiger partial charge in [-0.25, -0.2) is 4.39 Å². The van der Waals surface area contributed by atoms with Gasteiger partial charge in [-0.2, -0.15) is 0 Å². The van der Waals surface area contributed by atoms with Crippen LogP contribution in [0.1, 0.15) is 37.5 Å². The predicted octanol–water partition coefficient (Wildman–Crippen LogP) is 3.36. The number of nitrogens with one attached hydrogen (secondary N) is 1. The summed E-state index contributed by atoms with van der Waals surface area (Å²) >= 11 is 5.70. The van der Waals surface area contributed by atoms with E-state index in [2.05, 4.69) is 5.32 Å². The number of hydrogen-bond donors (Lipinski definition) is 1. The zero-order valence-corrected chi connectivity index (χ0v) is 15.2. The Hall–Kier alpha value is -2.77. The van der Waals surface area contributed by atoms with Crippen LogP contribution in [0, 0.1) is 5.82 Å². The molecule has 0 saturated carbocycles. The smallest absolute Gasteiger partial charge is 0.261 e. The number of fused-ring (bicyclic) bond motifs is 1. The van der Waals surface area contributed by atoms with Crippen LogP contribution < -0.4 is 5.32 Å². The molecular formula is C19H16ClFN2O4. The van der Waals surface area contributed by atoms with Crippen molar-refractivity contribution >= 4 is 35.0 Å². The number of hydrogen-bond acceptors (Lipinski definition) is 4. The van der Waals surface area contributed by atoms with Gasteiger partial charge in [-0.1, -0.05) is 11.6 Å². The lowest BCUT2D eigenvalue weighted by atomic mass is 10.1. The van der Waals surface area contributed by atoms with Gasteiger partial charge in [0.2, 0.25) is 0 Å². The maximum atomic E-state index is 13.2. The zero-order valence-electron chi connectivity index (χ0n) is 14.4. The fourth-order valence-corrected chi connectivity index (χ4v) is 2.96. The Labute approximate surface area is 159 Å². The second kappa shape index (κ2) is 7.85. The molecule has 8 heteroatoms. The molecule has 27 heavy (non-hydrogen) atoms. The maximum Gasteiger partial charge on any atom is 0.261 e. The predicted molar refractivity (Wildman–Crippen MR) is 97.7 cm³/mol. The molecule has 2 aromatic rings. The lowest BCUT2D eigenvalue weighted by Gasteiger charge is -2.12. The Bertz CT molecular complexity index is 932. The van der Waals surface area contributed by atoms with E-state index in [1.807, 2.05) is 0 Å². The monoisotopic (exact) mass is 390 g/mol. The molecule has 0 bridgehead atoms. The molecule has 0 fully saturated rings. The van der Waals surface area contributed by atoms with Gasteiger partial charge in [0.15, 0.2) is 0 Å². The van der Waals surface area contributed by atoms with Gasteiger partial charge in [-0.15, -0.1) is 0 Å². The number of anilines is 1. The molecule has 0 saturated heterocycles. The van der Waals surface area contributed by atoms with Crippen molar-refractivity contribution in [1.82, 2.24) is 4.90 Å². The van der Waals surface area contributed by atoms with Gasteiger partial charge >= 0.3 is 0 Å². The third kappa shape index (κ3) is 3.84. The second-order valence-electron chi connectivity index (χ2n) is 5.95. The highest BCUT2D eigenvalue weighted by Crippen LogP contribution is 2.25. The minimum atomic E-state index is -0.593. The summed E-state index contributed by atoms with van der Waals surface area (Å²) < 4.78 is 18.1. The molecule has 6 nitrogen and oxygen atoms in total. The minimum absolute atomic E-state index is 0.116. The molecule has 0 unspecified atom stereocenters. The molecule has 1 aliphatic rings. The Morgan fingerprint density at radius 2 is 1.89 bits per heavy atom. The van der Waals surface area contributed by atoms with E-state index in [0.29, 0.717) is 18.7 Å². The summed E-state index contributed by atoms with van der Waals surface area (Å²) in [7, 11) is 1.54. The van der Waals surface area contributed by atoms with E-state index in [1.54, 1.807) is 7.11 Å². The molecule has 0 aliphatic carbocycles. The van der Waals surface area contributed by atoms with Gasteiger partial charge in [0.1, 0.15) is 5.82 Å². The van der Waals surface area contributed by atoms with Crippen LogP contribution in [0.5, 0.6) is 0 Å². The maximum absolute atomic E-state index is 13.2. The zero-order chi connectivity index (χ0) is 19.6. The first kappa shape index (κ1) is 19.0. The first-order chi connectivity index (χ1) is 12.9. The van der Waals surface area contributed by atoms with Crippen molar-refractivity contribution in [2.75, 3.05) is 25.6 Å². The fourth-order valence-electron chi connectivity index (χ4n) is 2.78. The van der Waals surface area contributed by atoms with Crippen molar-refractivity contribution < 1.29 is 23.5 Å². The Balaban J connectivity index is 1.78. The summed E-state index contributed by atoms with van der Waals surface area (Å²) in [6.45, 7) is 0.678. The molecule has 1 aliphatic heterocycles. The van der Waals surface area contributed by atoms with E-state index >= 15 is 0 Å². The number of rotatable bonds is 6. The third-order valence-electron chi connectivity index (χ3n) is 4.14. The number of amides is 3. The number of ether oxygens (including phenoxy) is 1. The number of carbonyl (C=O) groups is 3. The van der Waals surface area contributed by atoms with Crippen molar-refractivity contribution in [2.45, 2.75) is 6.42 Å². The van der Waals surface area contributed by atoms with Crippen LogP contribution in [-0.2, 0) is 4.74 Å². The van der Waals surface area contributed by atoms with Gasteiger partial charge in [-0.3, -0.25) is 19.3 Å². The van der Waals surface area contributed by atoms with Crippen molar-refractivity contribution in [2.24, 2.45) is 0 Å². The molecule has 0 aromatic heterocycles. The summed E-state index contributed by atoms with van der Waals surface area (Å²) in [5.41, 5.74) is 0.964. The van der Waals surface area contributed by atoms with Gasteiger partial charge < -0.3 is 10.1 Å². The summed E-state index contributed by atoms with van der Waals surface area (Å²) in [5.74, 6) is -1.92. The molecule has 0 atom stereocenters. The topological polar surface area (TPSA) is 75.7 Å². The third-order valence-corrected chi connectivity index (χ3v) is 4.43. The highest BCUT2D eigenvalue weighted by Gasteiger charge is 2.35. The van der Waals surface area contributed by atoms with Crippen molar-refractivity contribution in [1.29, 1.82) is 0 Å². The van der Waals surface area contributed by atoms with Gasteiger partial charge in [0.05, 0.1) is 16.1 Å². The van der Waals surface area contributed by atoms with E-state index < -0.39 is 17.6 Å². The molecule has 0 radical (unpaired) electrons. The normalized spacial score (nSPS) is 13.1. The summed E-state index contributed by atoms with van der Waals surface area (Å²) in [6.07, 6.45) is 0.528. The Morgan fingerprint density at radius 3 is 2.59 bits per heavy atom. The van der Waals surface area contributed by atoms with Crippen LogP contribution in [-0.4, -0.2) is 42.9 Å². The summed E-state index contributed by atoms with van der Waals surface area (Å²) in [4.78, 5) is 38.4. The molecule has 1 N–H and O–H groups in total. The number of halogens is 2. The molecule has 3 amide bonds. The van der Waals surface area contributed by atoms with Gasteiger partial charge in [0.25, 0.3) is 17.7 Å². The van der Waals surface area contributed by atoms with Crippen molar-refractivity contribution in [3.8, 4) is 0 Å². The summed E-state index contributed by atoms with van der Waals surface area (Å²) in [5, 5.41) is 2.46. The molecule has 140 valence electrons. The van der Waals surface area contributed by atoms with E-state index in [0.717, 1.165) is 11.0 Å².